The van der Waals surface area contributed by atoms with E-state index in [1.807, 2.05) is 30.9 Å². The van der Waals surface area contributed by atoms with Crippen LogP contribution in [-0.2, 0) is 34.4 Å². The third-order valence-corrected chi connectivity index (χ3v) is 11.8. The van der Waals surface area contributed by atoms with Crippen LogP contribution in [0.4, 0.5) is 5.69 Å². The predicted molar refractivity (Wildman–Crippen MR) is 231 cm³/mol. The molecule has 0 aromatic heterocycles. The lowest BCUT2D eigenvalue weighted by Gasteiger charge is -2.34. The second kappa shape index (κ2) is 30.4. The summed E-state index contributed by atoms with van der Waals surface area (Å²) >= 11 is 0. The number of phosphoric acid groups is 1. The normalized spacial score (nSPS) is 16.6. The molecule has 0 saturated carbocycles. The molecule has 0 aliphatic carbocycles. The monoisotopic (exact) mass is 856 g/mol. The zero-order valence-electron chi connectivity index (χ0n) is 36.6. The summed E-state index contributed by atoms with van der Waals surface area (Å²) in [6.07, 6.45) is 20.3. The number of hydrogen-bond donors (Lipinski definition) is 3. The minimum atomic E-state index is -4.19. The van der Waals surface area contributed by atoms with Crippen LogP contribution in [0.5, 0.6) is 0 Å². The van der Waals surface area contributed by atoms with E-state index in [1.54, 1.807) is 4.90 Å². The Hall–Kier alpha value is -2.62. The highest BCUT2D eigenvalue weighted by atomic mass is 31.2. The summed E-state index contributed by atoms with van der Waals surface area (Å²) in [4.78, 5) is 54.1. The van der Waals surface area contributed by atoms with E-state index in [1.165, 1.54) is 82.6 Å². The maximum absolute atomic E-state index is 11.8. The van der Waals surface area contributed by atoms with Crippen molar-refractivity contribution in [3.63, 3.8) is 0 Å². The highest BCUT2D eigenvalue weighted by molar-refractivity contribution is 7.45. The number of phosphoric ester groups is 1. The van der Waals surface area contributed by atoms with Gasteiger partial charge in [-0.25, -0.2) is 0 Å². The van der Waals surface area contributed by atoms with Gasteiger partial charge in [0.1, 0.15) is 13.2 Å². The number of carbonyl (C=O) groups is 3. The van der Waals surface area contributed by atoms with Gasteiger partial charge < -0.3 is 38.6 Å². The molecule has 0 spiro atoms. The lowest BCUT2D eigenvalue weighted by atomic mass is 10.0. The number of aryl methyl sites for hydroxylation is 1. The van der Waals surface area contributed by atoms with Crippen LogP contribution >= 0.6 is 7.82 Å². The number of likely N-dealkylation sites (N-methyl/N-ethyl adjacent to an activating group) is 1. The van der Waals surface area contributed by atoms with Crippen LogP contribution in [0.3, 0.4) is 0 Å². The fourth-order valence-corrected chi connectivity index (χ4v) is 8.00. The molecule has 1 aromatic carbocycles. The van der Waals surface area contributed by atoms with Crippen molar-refractivity contribution in [2.24, 2.45) is 0 Å². The fraction of sp³-hybridized carbons (Fsp3) is 0.791. The molecular weight excluding hydrogens is 777 g/mol. The van der Waals surface area contributed by atoms with Crippen molar-refractivity contribution in [1.82, 2.24) is 14.7 Å². The topological polar surface area (TPSA) is 183 Å². The van der Waals surface area contributed by atoms with Gasteiger partial charge in [0.05, 0.1) is 47.4 Å². The molecule has 16 heteroatoms. The number of unbranched alkanes of at least 4 members (excludes halogenated alkanes) is 15. The van der Waals surface area contributed by atoms with Crippen LogP contribution in [0.1, 0.15) is 108 Å². The van der Waals surface area contributed by atoms with Gasteiger partial charge in [0.15, 0.2) is 0 Å². The SMILES string of the molecule is C[N+](C)(C)CCOP(=O)([O-])OCCCCCCCCCCCCCCCCCCc1ccc(N2CCN(CC(=O)O)CCN(CC(=O)O)CCN(CC(=O)O)CC2)cc1. The Labute approximate surface area is 354 Å². The van der Waals surface area contributed by atoms with E-state index in [-0.39, 0.29) is 32.8 Å². The number of rotatable bonds is 31. The molecule has 2 rings (SSSR count). The van der Waals surface area contributed by atoms with Gasteiger partial charge in [-0.3, -0.25) is 33.6 Å². The summed E-state index contributed by atoms with van der Waals surface area (Å²) < 4.78 is 22.4. The van der Waals surface area contributed by atoms with Crippen LogP contribution in [0, 0.1) is 0 Å². The summed E-state index contributed by atoms with van der Waals surface area (Å²) in [5.74, 6) is -2.82. The standard InChI is InChI=1S/C43H78N5O10P/c1-48(2,3)33-35-58-59(55,56)57-34-19-17-15-13-11-9-7-5-4-6-8-10-12-14-16-18-20-39-21-23-40(24-22-39)47-31-29-45(37-42(51)52)27-25-44(36-41(49)50)26-28-46(30-32-47)38-43(53)54/h21-24H,4-20,25-38H2,1-3H3,(H3-,49,50,51,52,53,54,55,56). The minimum Gasteiger partial charge on any atom is -0.756 e. The molecule has 1 heterocycles. The van der Waals surface area contributed by atoms with Crippen molar-refractivity contribution in [1.29, 1.82) is 0 Å². The first-order chi connectivity index (χ1) is 28.1. The van der Waals surface area contributed by atoms with E-state index in [2.05, 4.69) is 29.2 Å². The number of aliphatic carboxylic acids is 3. The Kier molecular flexibility index (Phi) is 27.1. The van der Waals surface area contributed by atoms with Gasteiger partial charge in [-0.15, -0.1) is 0 Å². The highest BCUT2D eigenvalue weighted by Gasteiger charge is 2.20. The number of benzene rings is 1. The molecule has 1 aliphatic rings. The quantitative estimate of drug-likeness (QED) is 0.0473. The van der Waals surface area contributed by atoms with Gasteiger partial charge in [-0.05, 0) is 37.0 Å². The molecule has 0 bridgehead atoms. The number of hydrogen-bond acceptors (Lipinski definition) is 11. The third kappa shape index (κ3) is 28.5. The molecule has 1 aliphatic heterocycles. The first-order valence-electron chi connectivity index (χ1n) is 22.2. The molecule has 0 radical (unpaired) electrons. The summed E-state index contributed by atoms with van der Waals surface area (Å²) in [5.41, 5.74) is 2.31. The van der Waals surface area contributed by atoms with Crippen molar-refractivity contribution >= 4 is 31.4 Å². The largest absolute Gasteiger partial charge is 0.756 e. The van der Waals surface area contributed by atoms with E-state index < -0.39 is 25.7 Å². The highest BCUT2D eigenvalue weighted by Crippen LogP contribution is 2.38. The van der Waals surface area contributed by atoms with Crippen molar-refractivity contribution in [2.45, 2.75) is 109 Å². The van der Waals surface area contributed by atoms with Crippen molar-refractivity contribution in [3.05, 3.63) is 29.8 Å². The van der Waals surface area contributed by atoms with E-state index in [4.69, 9.17) is 9.05 Å². The zero-order chi connectivity index (χ0) is 43.4. The summed E-state index contributed by atoms with van der Waals surface area (Å²) in [5, 5.41) is 28.4. The molecule has 1 saturated heterocycles. The van der Waals surface area contributed by atoms with Gasteiger partial charge in [-0.2, -0.15) is 0 Å². The molecule has 0 amide bonds. The molecule has 15 nitrogen and oxygen atoms in total. The molecule has 1 aromatic rings. The Bertz CT molecular complexity index is 1320. The average molecular weight is 856 g/mol. The van der Waals surface area contributed by atoms with Crippen LogP contribution in [0.25, 0.3) is 0 Å². The minimum absolute atomic E-state index is 0.130. The molecule has 1 fully saturated rings. The van der Waals surface area contributed by atoms with E-state index in [0.717, 1.165) is 37.8 Å². The maximum Gasteiger partial charge on any atom is 0.317 e. The summed E-state index contributed by atoms with van der Waals surface area (Å²) in [7, 11) is 1.76. The van der Waals surface area contributed by atoms with Crippen molar-refractivity contribution in [2.75, 3.05) is 118 Å². The molecule has 340 valence electrons. The van der Waals surface area contributed by atoms with Crippen LogP contribution in [0.15, 0.2) is 24.3 Å². The molecule has 1 unspecified atom stereocenters. The molecule has 1 atom stereocenters. The Morgan fingerprint density at radius 2 is 0.898 bits per heavy atom. The second-order valence-corrected chi connectivity index (χ2v) is 18.6. The van der Waals surface area contributed by atoms with Crippen molar-refractivity contribution < 1.29 is 52.7 Å². The van der Waals surface area contributed by atoms with Gasteiger partial charge in [-0.1, -0.05) is 102 Å². The number of nitrogens with zero attached hydrogens (tertiary/aromatic N) is 5. The predicted octanol–water partition coefficient (Wildman–Crippen LogP) is 5.66. The lowest BCUT2D eigenvalue weighted by molar-refractivity contribution is -0.870. The third-order valence-electron chi connectivity index (χ3n) is 10.8. The second-order valence-electron chi connectivity index (χ2n) is 17.2. The summed E-state index contributed by atoms with van der Waals surface area (Å²) in [6.45, 7) is 4.18. The number of carboxylic acids is 3. The average Bonchev–Trinajstić information content (AvgIpc) is 3.15. The number of quaternary nitrogens is 1. The Morgan fingerprint density at radius 1 is 0.559 bits per heavy atom. The number of anilines is 1. The van der Waals surface area contributed by atoms with Crippen LogP contribution in [0.2, 0.25) is 0 Å². The lowest BCUT2D eigenvalue weighted by Crippen LogP contribution is -2.48. The van der Waals surface area contributed by atoms with Gasteiger partial charge in [0, 0.05) is 58.0 Å². The van der Waals surface area contributed by atoms with Gasteiger partial charge in [0.25, 0.3) is 7.82 Å². The van der Waals surface area contributed by atoms with Gasteiger partial charge in [0.2, 0.25) is 0 Å². The van der Waals surface area contributed by atoms with E-state index >= 15 is 0 Å². The van der Waals surface area contributed by atoms with Crippen LogP contribution < -0.4 is 9.79 Å². The molecule has 59 heavy (non-hydrogen) atoms. The van der Waals surface area contributed by atoms with Gasteiger partial charge >= 0.3 is 17.9 Å². The van der Waals surface area contributed by atoms with Crippen LogP contribution in [-0.4, -0.2) is 165 Å². The zero-order valence-corrected chi connectivity index (χ0v) is 37.5. The number of carboxylic acid groups (broad SMARTS) is 3. The Balaban J connectivity index is 1.57. The fourth-order valence-electron chi connectivity index (χ4n) is 7.26. The smallest absolute Gasteiger partial charge is 0.317 e. The first kappa shape index (κ1) is 52.5. The summed E-state index contributed by atoms with van der Waals surface area (Å²) in [6, 6.07) is 8.56. The van der Waals surface area contributed by atoms with E-state index in [0.29, 0.717) is 63.4 Å². The van der Waals surface area contributed by atoms with Crippen molar-refractivity contribution in [3.8, 4) is 0 Å². The molecule has 3 N–H and O–H groups in total. The molecular formula is C43H78N5O10P. The maximum atomic E-state index is 11.8. The van der Waals surface area contributed by atoms with E-state index in [9.17, 15) is 39.2 Å². The first-order valence-corrected chi connectivity index (χ1v) is 23.6. The Morgan fingerprint density at radius 3 is 1.27 bits per heavy atom.